The molecule has 1 aromatic heterocycles. The SMILES string of the molecule is Cc1nc(N)sc1C(=O)N(CCC(C)C)C1CC1. The Morgan fingerprint density at radius 2 is 2.22 bits per heavy atom. The monoisotopic (exact) mass is 267 g/mol. The van der Waals surface area contributed by atoms with Crippen molar-refractivity contribution in [3.05, 3.63) is 10.6 Å². The molecule has 1 heterocycles. The smallest absolute Gasteiger partial charge is 0.266 e. The van der Waals surface area contributed by atoms with Crippen LogP contribution < -0.4 is 5.73 Å². The van der Waals surface area contributed by atoms with Crippen molar-refractivity contribution >= 4 is 22.4 Å². The summed E-state index contributed by atoms with van der Waals surface area (Å²) in [4.78, 5) is 19.4. The van der Waals surface area contributed by atoms with Gasteiger partial charge >= 0.3 is 0 Å². The molecule has 1 saturated carbocycles. The Morgan fingerprint density at radius 1 is 1.56 bits per heavy atom. The van der Waals surface area contributed by atoms with Gasteiger partial charge in [-0.1, -0.05) is 25.2 Å². The van der Waals surface area contributed by atoms with Gasteiger partial charge in [0.05, 0.1) is 5.69 Å². The number of amides is 1. The zero-order chi connectivity index (χ0) is 13.3. The summed E-state index contributed by atoms with van der Waals surface area (Å²) in [5, 5.41) is 0.482. The molecule has 1 aromatic rings. The lowest BCUT2D eigenvalue weighted by Gasteiger charge is -2.22. The highest BCUT2D eigenvalue weighted by Gasteiger charge is 2.34. The standard InChI is InChI=1S/C13H21N3OS/c1-8(2)6-7-16(10-4-5-10)12(17)11-9(3)15-13(14)18-11/h8,10H,4-7H2,1-3H3,(H2,14,15). The van der Waals surface area contributed by atoms with E-state index in [1.807, 2.05) is 11.8 Å². The van der Waals surface area contributed by atoms with Crippen LogP contribution >= 0.6 is 11.3 Å². The molecule has 0 saturated heterocycles. The predicted molar refractivity (Wildman–Crippen MR) is 74.8 cm³/mol. The molecule has 100 valence electrons. The Hall–Kier alpha value is -1.10. The minimum Gasteiger partial charge on any atom is -0.375 e. The second-order valence-electron chi connectivity index (χ2n) is 5.38. The maximum atomic E-state index is 12.5. The van der Waals surface area contributed by atoms with Gasteiger partial charge in [0.25, 0.3) is 5.91 Å². The third-order valence-electron chi connectivity index (χ3n) is 3.20. The third kappa shape index (κ3) is 3.02. The van der Waals surface area contributed by atoms with Crippen molar-refractivity contribution in [3.63, 3.8) is 0 Å². The topological polar surface area (TPSA) is 59.2 Å². The van der Waals surface area contributed by atoms with E-state index in [1.165, 1.54) is 11.3 Å². The average molecular weight is 267 g/mol. The van der Waals surface area contributed by atoms with Crippen LogP contribution in [0.2, 0.25) is 0 Å². The van der Waals surface area contributed by atoms with Crippen molar-refractivity contribution in [1.29, 1.82) is 0 Å². The summed E-state index contributed by atoms with van der Waals surface area (Å²) in [5.74, 6) is 0.733. The fraction of sp³-hybridized carbons (Fsp3) is 0.692. The zero-order valence-corrected chi connectivity index (χ0v) is 12.1. The number of rotatable bonds is 5. The van der Waals surface area contributed by atoms with Gasteiger partial charge in [-0.25, -0.2) is 4.98 Å². The molecule has 2 rings (SSSR count). The summed E-state index contributed by atoms with van der Waals surface area (Å²) in [6.07, 6.45) is 3.32. The van der Waals surface area contributed by atoms with E-state index >= 15 is 0 Å². The average Bonchev–Trinajstić information content (AvgIpc) is 3.04. The van der Waals surface area contributed by atoms with Gasteiger partial charge in [0.15, 0.2) is 5.13 Å². The molecule has 1 amide bonds. The normalized spacial score (nSPS) is 15.1. The van der Waals surface area contributed by atoms with Crippen molar-refractivity contribution in [2.24, 2.45) is 5.92 Å². The zero-order valence-electron chi connectivity index (χ0n) is 11.3. The van der Waals surface area contributed by atoms with E-state index in [0.29, 0.717) is 22.0 Å². The summed E-state index contributed by atoms with van der Waals surface area (Å²) in [5.41, 5.74) is 6.43. The highest BCUT2D eigenvalue weighted by atomic mass is 32.1. The summed E-state index contributed by atoms with van der Waals surface area (Å²) >= 11 is 1.31. The van der Waals surface area contributed by atoms with E-state index in [0.717, 1.165) is 31.5 Å². The summed E-state index contributed by atoms with van der Waals surface area (Å²) < 4.78 is 0. The Kier molecular flexibility index (Phi) is 3.90. The molecule has 1 fully saturated rings. The quantitative estimate of drug-likeness (QED) is 0.892. The third-order valence-corrected chi connectivity index (χ3v) is 4.18. The Bertz CT molecular complexity index is 437. The van der Waals surface area contributed by atoms with Crippen molar-refractivity contribution < 1.29 is 4.79 Å². The highest BCUT2D eigenvalue weighted by Crippen LogP contribution is 2.31. The number of aryl methyl sites for hydroxylation is 1. The van der Waals surface area contributed by atoms with Crippen LogP contribution in [0.3, 0.4) is 0 Å². The van der Waals surface area contributed by atoms with Gasteiger partial charge < -0.3 is 10.6 Å². The van der Waals surface area contributed by atoms with E-state index in [9.17, 15) is 4.79 Å². The van der Waals surface area contributed by atoms with E-state index in [1.54, 1.807) is 0 Å². The molecule has 4 nitrogen and oxygen atoms in total. The van der Waals surface area contributed by atoms with Crippen molar-refractivity contribution in [2.45, 2.75) is 46.1 Å². The lowest BCUT2D eigenvalue weighted by molar-refractivity contribution is 0.0739. The number of nitrogen functional groups attached to an aromatic ring is 1. The van der Waals surface area contributed by atoms with Crippen LogP contribution in [-0.2, 0) is 0 Å². The first-order valence-electron chi connectivity index (χ1n) is 6.53. The molecule has 1 aliphatic carbocycles. The minimum absolute atomic E-state index is 0.116. The number of nitrogens with two attached hydrogens (primary N) is 1. The van der Waals surface area contributed by atoms with E-state index in [4.69, 9.17) is 5.73 Å². The van der Waals surface area contributed by atoms with E-state index in [-0.39, 0.29) is 5.91 Å². The molecule has 2 N–H and O–H groups in total. The van der Waals surface area contributed by atoms with Gasteiger partial charge in [0.1, 0.15) is 4.88 Å². The fourth-order valence-electron chi connectivity index (χ4n) is 1.98. The number of hydrogen-bond acceptors (Lipinski definition) is 4. The van der Waals surface area contributed by atoms with Gasteiger partial charge in [-0.3, -0.25) is 4.79 Å². The second-order valence-corrected chi connectivity index (χ2v) is 6.41. The molecule has 18 heavy (non-hydrogen) atoms. The van der Waals surface area contributed by atoms with Gasteiger partial charge in [-0.05, 0) is 32.1 Å². The molecule has 5 heteroatoms. The van der Waals surface area contributed by atoms with Crippen LogP contribution in [-0.4, -0.2) is 28.4 Å². The van der Waals surface area contributed by atoms with Gasteiger partial charge in [0.2, 0.25) is 0 Å². The summed E-state index contributed by atoms with van der Waals surface area (Å²) in [6.45, 7) is 7.07. The van der Waals surface area contributed by atoms with Crippen LogP contribution in [0.15, 0.2) is 0 Å². The van der Waals surface area contributed by atoms with Crippen LogP contribution in [0.4, 0.5) is 5.13 Å². The molecule has 0 unspecified atom stereocenters. The fourth-order valence-corrected chi connectivity index (χ4v) is 2.77. The molecular formula is C13H21N3OS. The molecule has 0 radical (unpaired) electrons. The number of nitrogens with zero attached hydrogens (tertiary/aromatic N) is 2. The summed E-state index contributed by atoms with van der Waals surface area (Å²) in [6, 6.07) is 0.443. The molecule has 1 aliphatic rings. The molecule has 0 atom stereocenters. The van der Waals surface area contributed by atoms with Crippen molar-refractivity contribution in [3.8, 4) is 0 Å². The lowest BCUT2D eigenvalue weighted by Crippen LogP contribution is -2.34. The Morgan fingerprint density at radius 3 is 2.67 bits per heavy atom. The van der Waals surface area contributed by atoms with Gasteiger partial charge in [0, 0.05) is 12.6 Å². The van der Waals surface area contributed by atoms with E-state index < -0.39 is 0 Å². The molecular weight excluding hydrogens is 246 g/mol. The maximum Gasteiger partial charge on any atom is 0.266 e. The first kappa shape index (κ1) is 13.3. The summed E-state index contributed by atoms with van der Waals surface area (Å²) in [7, 11) is 0. The van der Waals surface area contributed by atoms with Crippen molar-refractivity contribution in [1.82, 2.24) is 9.88 Å². The van der Waals surface area contributed by atoms with Crippen molar-refractivity contribution in [2.75, 3.05) is 12.3 Å². The number of carbonyl (C=O) groups is 1. The Balaban J connectivity index is 2.10. The minimum atomic E-state index is 0.116. The van der Waals surface area contributed by atoms with Gasteiger partial charge in [-0.15, -0.1) is 0 Å². The highest BCUT2D eigenvalue weighted by molar-refractivity contribution is 7.17. The molecule has 0 bridgehead atoms. The first-order valence-corrected chi connectivity index (χ1v) is 7.34. The lowest BCUT2D eigenvalue weighted by atomic mass is 10.1. The largest absolute Gasteiger partial charge is 0.375 e. The number of aromatic nitrogens is 1. The van der Waals surface area contributed by atoms with Gasteiger partial charge in [-0.2, -0.15) is 0 Å². The number of hydrogen-bond donors (Lipinski definition) is 1. The van der Waals surface area contributed by atoms with Crippen LogP contribution in [0.1, 0.15) is 48.5 Å². The van der Waals surface area contributed by atoms with Crippen LogP contribution in [0.5, 0.6) is 0 Å². The predicted octanol–water partition coefficient (Wildman–Crippen LogP) is 2.68. The first-order chi connectivity index (χ1) is 8.49. The number of thiazole rings is 1. The van der Waals surface area contributed by atoms with Crippen LogP contribution in [0.25, 0.3) is 0 Å². The maximum absolute atomic E-state index is 12.5. The molecule has 0 spiro atoms. The van der Waals surface area contributed by atoms with E-state index in [2.05, 4.69) is 18.8 Å². The van der Waals surface area contributed by atoms with Crippen LogP contribution in [0, 0.1) is 12.8 Å². The molecule has 0 aromatic carbocycles. The second kappa shape index (κ2) is 5.26. The number of anilines is 1. The Labute approximate surface area is 112 Å². The number of carbonyl (C=O) groups excluding carboxylic acids is 1. The molecule has 0 aliphatic heterocycles.